The standard InChI is InChI=1S/C31H41FN6O2/c1-20-16-37(25(14-33-20)17-36-9-10-40-19-21(36)2)18-29(39)27-13-31(3,4)30-26(27)12-23(28-15-34-35-38(28)30)11-22-5-7-24(32)8-6-22/h5-8,12,15,20-21,25,27,33H,9-11,13-14,16-19H2,1-4H3/t20-,21-,25-,27?/m1/s1. The van der Waals surface area contributed by atoms with Gasteiger partial charge in [0.15, 0.2) is 5.78 Å². The van der Waals surface area contributed by atoms with Gasteiger partial charge in [-0.1, -0.05) is 37.3 Å². The normalized spacial score (nSPS) is 27.2. The first kappa shape index (κ1) is 27.4. The van der Waals surface area contributed by atoms with E-state index in [1.165, 1.54) is 12.1 Å². The predicted octanol–water partition coefficient (Wildman–Crippen LogP) is 3.18. The van der Waals surface area contributed by atoms with Crippen molar-refractivity contribution in [3.8, 4) is 0 Å². The van der Waals surface area contributed by atoms with E-state index in [4.69, 9.17) is 4.74 Å². The van der Waals surface area contributed by atoms with Gasteiger partial charge in [-0.25, -0.2) is 8.91 Å². The number of carbonyl (C=O) groups excluding carboxylic acids is 1. The van der Waals surface area contributed by atoms with E-state index in [1.54, 1.807) is 6.20 Å². The van der Waals surface area contributed by atoms with Crippen molar-refractivity contribution in [1.29, 1.82) is 0 Å². The van der Waals surface area contributed by atoms with Gasteiger partial charge in [-0.2, -0.15) is 0 Å². The van der Waals surface area contributed by atoms with E-state index < -0.39 is 0 Å². The van der Waals surface area contributed by atoms with E-state index in [0.29, 0.717) is 25.0 Å². The number of fused-ring (bicyclic) bond motifs is 3. The van der Waals surface area contributed by atoms with Gasteiger partial charge in [0.1, 0.15) is 5.82 Å². The first-order valence-electron chi connectivity index (χ1n) is 14.6. The molecule has 2 aromatic heterocycles. The van der Waals surface area contributed by atoms with Gasteiger partial charge in [0, 0.05) is 55.6 Å². The third-order valence-electron chi connectivity index (χ3n) is 9.16. The molecule has 9 heteroatoms. The van der Waals surface area contributed by atoms with E-state index in [2.05, 4.69) is 59.2 Å². The Hall–Kier alpha value is -2.72. The molecular formula is C31H41FN6O2. The van der Waals surface area contributed by atoms with Gasteiger partial charge in [0.2, 0.25) is 0 Å². The Morgan fingerprint density at radius 2 is 2.00 bits per heavy atom. The van der Waals surface area contributed by atoms with Crippen molar-refractivity contribution in [2.24, 2.45) is 0 Å². The first-order valence-corrected chi connectivity index (χ1v) is 14.6. The number of nitrogens with one attached hydrogen (secondary N) is 1. The van der Waals surface area contributed by atoms with Gasteiger partial charge in [-0.3, -0.25) is 14.6 Å². The minimum atomic E-state index is -0.245. The molecule has 0 bridgehead atoms. The molecule has 2 aliphatic heterocycles. The Bertz CT molecular complexity index is 1370. The van der Waals surface area contributed by atoms with Gasteiger partial charge < -0.3 is 10.1 Å². The molecule has 0 spiro atoms. The Morgan fingerprint density at radius 1 is 1.20 bits per heavy atom. The van der Waals surface area contributed by atoms with Gasteiger partial charge in [0.05, 0.1) is 37.2 Å². The maximum atomic E-state index is 14.2. The summed E-state index contributed by atoms with van der Waals surface area (Å²) < 4.78 is 21.1. The van der Waals surface area contributed by atoms with Crippen LogP contribution < -0.4 is 5.32 Å². The van der Waals surface area contributed by atoms with Crippen molar-refractivity contribution >= 4 is 11.3 Å². The molecule has 2 fully saturated rings. The molecule has 1 N–H and O–H groups in total. The number of Topliss-reactive ketones (excluding diaryl/α,β-unsaturated/α-hetero) is 1. The van der Waals surface area contributed by atoms with Crippen molar-refractivity contribution in [3.63, 3.8) is 0 Å². The van der Waals surface area contributed by atoms with Crippen LogP contribution in [0.4, 0.5) is 4.39 Å². The van der Waals surface area contributed by atoms with Crippen LogP contribution in [-0.2, 0) is 21.4 Å². The largest absolute Gasteiger partial charge is 0.379 e. The number of morpholine rings is 1. The molecule has 3 aromatic rings. The average Bonchev–Trinajstić information content (AvgIpc) is 3.50. The zero-order valence-electron chi connectivity index (χ0n) is 24.1. The molecule has 1 aliphatic carbocycles. The lowest BCUT2D eigenvalue weighted by Gasteiger charge is -2.43. The highest BCUT2D eigenvalue weighted by Crippen LogP contribution is 2.47. The van der Waals surface area contributed by atoms with E-state index in [-0.39, 0.29) is 29.0 Å². The van der Waals surface area contributed by atoms with Crippen LogP contribution in [0.1, 0.15) is 62.4 Å². The van der Waals surface area contributed by atoms with Crippen LogP contribution in [0.5, 0.6) is 0 Å². The molecular weight excluding hydrogens is 507 g/mol. The molecule has 4 atom stereocenters. The molecule has 214 valence electrons. The third kappa shape index (κ3) is 5.32. The van der Waals surface area contributed by atoms with Crippen LogP contribution in [0.2, 0.25) is 0 Å². The van der Waals surface area contributed by atoms with Crippen molar-refractivity contribution < 1.29 is 13.9 Å². The number of rotatable bonds is 7. The molecule has 0 amide bonds. The third-order valence-corrected chi connectivity index (χ3v) is 9.16. The van der Waals surface area contributed by atoms with E-state index >= 15 is 0 Å². The molecule has 0 saturated carbocycles. The number of nitrogens with zero attached hydrogens (tertiary/aromatic N) is 5. The summed E-state index contributed by atoms with van der Waals surface area (Å²) in [5, 5.41) is 12.3. The quantitative estimate of drug-likeness (QED) is 0.486. The number of ether oxygens (including phenoxy) is 1. The van der Waals surface area contributed by atoms with Crippen LogP contribution in [0.25, 0.3) is 5.52 Å². The zero-order valence-corrected chi connectivity index (χ0v) is 24.1. The summed E-state index contributed by atoms with van der Waals surface area (Å²) in [4.78, 5) is 19.1. The number of ketones is 1. The number of hydrogen-bond donors (Lipinski definition) is 1. The minimum Gasteiger partial charge on any atom is -0.379 e. The van der Waals surface area contributed by atoms with Gasteiger partial charge in [-0.05, 0) is 55.5 Å². The van der Waals surface area contributed by atoms with Crippen LogP contribution in [0, 0.1) is 5.82 Å². The number of piperazine rings is 1. The number of benzene rings is 1. The topological polar surface area (TPSA) is 75.0 Å². The molecule has 1 unspecified atom stereocenters. The fourth-order valence-electron chi connectivity index (χ4n) is 7.00. The lowest BCUT2D eigenvalue weighted by atomic mass is 9.87. The molecule has 1 aromatic carbocycles. The summed E-state index contributed by atoms with van der Waals surface area (Å²) in [6.07, 6.45) is 3.17. The summed E-state index contributed by atoms with van der Waals surface area (Å²) in [5.74, 6) is -0.170. The first-order chi connectivity index (χ1) is 19.2. The fourth-order valence-corrected chi connectivity index (χ4v) is 7.00. The molecule has 3 aliphatic rings. The number of halogens is 1. The van der Waals surface area contributed by atoms with Crippen molar-refractivity contribution in [1.82, 2.24) is 29.9 Å². The molecule has 2 saturated heterocycles. The van der Waals surface area contributed by atoms with Crippen molar-refractivity contribution in [2.75, 3.05) is 45.9 Å². The Labute approximate surface area is 235 Å². The molecule has 0 radical (unpaired) electrons. The molecule has 40 heavy (non-hydrogen) atoms. The van der Waals surface area contributed by atoms with Gasteiger partial charge >= 0.3 is 0 Å². The number of pyridine rings is 1. The van der Waals surface area contributed by atoms with E-state index in [9.17, 15) is 9.18 Å². The lowest BCUT2D eigenvalue weighted by Crippen LogP contribution is -2.61. The summed E-state index contributed by atoms with van der Waals surface area (Å²) >= 11 is 0. The number of carbonyl (C=O) groups is 1. The maximum Gasteiger partial charge on any atom is 0.154 e. The summed E-state index contributed by atoms with van der Waals surface area (Å²) in [6, 6.07) is 9.82. The lowest BCUT2D eigenvalue weighted by molar-refractivity contribution is -0.123. The minimum absolute atomic E-state index is 0.196. The summed E-state index contributed by atoms with van der Waals surface area (Å²) in [5.41, 5.74) is 4.94. The second kappa shape index (κ2) is 10.9. The Morgan fingerprint density at radius 3 is 2.77 bits per heavy atom. The Kier molecular flexibility index (Phi) is 7.50. The van der Waals surface area contributed by atoms with E-state index in [0.717, 1.165) is 73.7 Å². The number of hydrogen-bond acceptors (Lipinski definition) is 7. The van der Waals surface area contributed by atoms with E-state index in [1.807, 2.05) is 16.6 Å². The summed E-state index contributed by atoms with van der Waals surface area (Å²) in [7, 11) is 0. The maximum absolute atomic E-state index is 14.2. The highest BCUT2D eigenvalue weighted by molar-refractivity contribution is 5.89. The average molecular weight is 549 g/mol. The highest BCUT2D eigenvalue weighted by atomic mass is 19.1. The number of aromatic nitrogens is 3. The second-order valence-corrected chi connectivity index (χ2v) is 12.7. The van der Waals surface area contributed by atoms with Crippen LogP contribution in [0.15, 0.2) is 36.5 Å². The predicted molar refractivity (Wildman–Crippen MR) is 152 cm³/mol. The molecule has 4 heterocycles. The molecule has 8 nitrogen and oxygen atoms in total. The fraction of sp³-hybridized carbons (Fsp3) is 0.581. The van der Waals surface area contributed by atoms with Crippen LogP contribution in [0.3, 0.4) is 0 Å². The zero-order chi connectivity index (χ0) is 28.0. The van der Waals surface area contributed by atoms with Gasteiger partial charge in [0.25, 0.3) is 0 Å². The van der Waals surface area contributed by atoms with Crippen molar-refractivity contribution in [2.45, 2.75) is 70.0 Å². The van der Waals surface area contributed by atoms with Crippen LogP contribution in [-0.4, -0.2) is 94.5 Å². The SMILES string of the molecule is C[C@@H]1CN(CC(=O)C2CC(C)(C)c3c2cc(Cc2ccc(F)cc2)c2cnnn32)[C@@H](CN2CCOC[C@H]2C)CN1. The monoisotopic (exact) mass is 548 g/mol. The molecule has 6 rings (SSSR count). The second-order valence-electron chi connectivity index (χ2n) is 12.7. The smallest absolute Gasteiger partial charge is 0.154 e. The highest BCUT2D eigenvalue weighted by Gasteiger charge is 2.44. The van der Waals surface area contributed by atoms with Crippen molar-refractivity contribution in [3.05, 3.63) is 64.7 Å². The summed E-state index contributed by atoms with van der Waals surface area (Å²) in [6.45, 7) is 14.4. The van der Waals surface area contributed by atoms with Gasteiger partial charge in [-0.15, -0.1) is 5.10 Å². The van der Waals surface area contributed by atoms with Crippen LogP contribution >= 0.6 is 0 Å². The Balaban J connectivity index is 1.28.